The quantitative estimate of drug-likeness (QED) is 0.823. The number of aromatic nitrogens is 4. The molecule has 1 aromatic rings. The van der Waals surface area contributed by atoms with E-state index in [1.807, 2.05) is 0 Å². The van der Waals surface area contributed by atoms with Crippen molar-refractivity contribution in [2.24, 2.45) is 11.8 Å². The number of nitrogens with zero attached hydrogens (tertiary/aromatic N) is 4. The molecule has 1 N–H and O–H groups in total. The molecule has 0 amide bonds. The molecule has 2 heterocycles. The fourth-order valence-corrected chi connectivity index (χ4v) is 1.91. The summed E-state index contributed by atoms with van der Waals surface area (Å²) in [5.74, 6) is -0.385. The van der Waals surface area contributed by atoms with E-state index in [2.05, 4.69) is 22.4 Å². The molecule has 0 aromatic carbocycles. The van der Waals surface area contributed by atoms with Gasteiger partial charge in [0.25, 0.3) is 0 Å². The van der Waals surface area contributed by atoms with Gasteiger partial charge >= 0.3 is 5.97 Å². The zero-order chi connectivity index (χ0) is 12.4. The van der Waals surface area contributed by atoms with Crippen molar-refractivity contribution in [3.8, 4) is 0 Å². The molecular formula is C10H16N4O3. The Labute approximate surface area is 98.8 Å². The van der Waals surface area contributed by atoms with Crippen LogP contribution in [0.3, 0.4) is 0 Å². The number of aliphatic carboxylic acids is 1. The number of rotatable bonds is 4. The second-order valence-corrected chi connectivity index (χ2v) is 4.52. The molecule has 1 aromatic heterocycles. The summed E-state index contributed by atoms with van der Waals surface area (Å²) < 4.78 is 7.11. The maximum Gasteiger partial charge on any atom is 0.308 e. The van der Waals surface area contributed by atoms with Crippen LogP contribution in [0.15, 0.2) is 0 Å². The Morgan fingerprint density at radius 2 is 2.47 bits per heavy atom. The van der Waals surface area contributed by atoms with Gasteiger partial charge in [0.1, 0.15) is 6.10 Å². The van der Waals surface area contributed by atoms with E-state index in [9.17, 15) is 4.79 Å². The highest BCUT2D eigenvalue weighted by Crippen LogP contribution is 2.32. The van der Waals surface area contributed by atoms with E-state index in [4.69, 9.17) is 9.84 Å². The highest BCUT2D eigenvalue weighted by molar-refractivity contribution is 5.69. The maximum atomic E-state index is 10.8. The number of tetrazole rings is 1. The molecule has 1 aliphatic heterocycles. The van der Waals surface area contributed by atoms with E-state index in [0.717, 1.165) is 6.42 Å². The van der Waals surface area contributed by atoms with Gasteiger partial charge in [-0.15, -0.1) is 5.10 Å². The van der Waals surface area contributed by atoms with Crippen molar-refractivity contribution in [1.82, 2.24) is 20.2 Å². The number of ether oxygens (including phenoxy) is 1. The van der Waals surface area contributed by atoms with Crippen LogP contribution in [0.2, 0.25) is 0 Å². The molecule has 0 radical (unpaired) electrons. The average molecular weight is 240 g/mol. The van der Waals surface area contributed by atoms with Gasteiger partial charge in [-0.2, -0.15) is 0 Å². The molecule has 2 rings (SSSR count). The summed E-state index contributed by atoms with van der Waals surface area (Å²) in [5, 5.41) is 20.3. The Kier molecular flexibility index (Phi) is 3.37. The average Bonchev–Trinajstić information content (AvgIpc) is 2.86. The lowest BCUT2D eigenvalue weighted by atomic mass is 10.0. The van der Waals surface area contributed by atoms with Crippen molar-refractivity contribution in [1.29, 1.82) is 0 Å². The van der Waals surface area contributed by atoms with Crippen LogP contribution in [0.1, 0.15) is 32.2 Å². The smallest absolute Gasteiger partial charge is 0.308 e. The minimum absolute atomic E-state index is 0.119. The van der Waals surface area contributed by atoms with Crippen molar-refractivity contribution in [3.05, 3.63) is 5.82 Å². The van der Waals surface area contributed by atoms with Crippen molar-refractivity contribution in [3.63, 3.8) is 0 Å². The highest BCUT2D eigenvalue weighted by atomic mass is 16.5. The molecule has 0 aliphatic carbocycles. The van der Waals surface area contributed by atoms with Crippen molar-refractivity contribution in [2.45, 2.75) is 32.9 Å². The standard InChI is InChI=1S/C10H16N4O3/c1-6-3-4-17-8(6)9-11-12-13-14(9)5-7(2)10(15)16/h6-8H,3-5H2,1-2H3,(H,15,16). The number of hydrogen-bond acceptors (Lipinski definition) is 5. The highest BCUT2D eigenvalue weighted by Gasteiger charge is 2.31. The second kappa shape index (κ2) is 4.79. The predicted molar refractivity (Wildman–Crippen MR) is 57.1 cm³/mol. The van der Waals surface area contributed by atoms with Gasteiger partial charge in [0.15, 0.2) is 5.82 Å². The Hall–Kier alpha value is -1.50. The molecule has 0 saturated carbocycles. The molecule has 0 spiro atoms. The summed E-state index contributed by atoms with van der Waals surface area (Å²) in [6.45, 7) is 4.68. The van der Waals surface area contributed by atoms with Crippen LogP contribution in [0.4, 0.5) is 0 Å². The molecule has 1 fully saturated rings. The molecule has 3 atom stereocenters. The first-order chi connectivity index (χ1) is 8.09. The third-order valence-electron chi connectivity index (χ3n) is 3.07. The van der Waals surface area contributed by atoms with E-state index >= 15 is 0 Å². The predicted octanol–water partition coefficient (Wildman–Crippen LogP) is 0.491. The first kappa shape index (κ1) is 12.0. The lowest BCUT2D eigenvalue weighted by Gasteiger charge is -2.14. The molecular weight excluding hydrogens is 224 g/mol. The third-order valence-corrected chi connectivity index (χ3v) is 3.07. The minimum atomic E-state index is -0.855. The van der Waals surface area contributed by atoms with Crippen LogP contribution < -0.4 is 0 Å². The Balaban J connectivity index is 2.14. The van der Waals surface area contributed by atoms with E-state index in [-0.39, 0.29) is 12.6 Å². The number of carboxylic acids is 1. The first-order valence-corrected chi connectivity index (χ1v) is 5.70. The molecule has 94 valence electrons. The summed E-state index contributed by atoms with van der Waals surface area (Å²) in [4.78, 5) is 10.8. The summed E-state index contributed by atoms with van der Waals surface area (Å²) in [7, 11) is 0. The van der Waals surface area contributed by atoms with Crippen molar-refractivity contribution < 1.29 is 14.6 Å². The zero-order valence-electron chi connectivity index (χ0n) is 9.91. The number of carbonyl (C=O) groups is 1. The van der Waals surface area contributed by atoms with Gasteiger partial charge in [-0.3, -0.25) is 4.79 Å². The zero-order valence-corrected chi connectivity index (χ0v) is 9.91. The van der Waals surface area contributed by atoms with Gasteiger partial charge in [0.05, 0.1) is 12.5 Å². The van der Waals surface area contributed by atoms with Gasteiger partial charge in [-0.25, -0.2) is 4.68 Å². The van der Waals surface area contributed by atoms with Crippen LogP contribution >= 0.6 is 0 Å². The lowest BCUT2D eigenvalue weighted by Crippen LogP contribution is -2.21. The molecule has 17 heavy (non-hydrogen) atoms. The van der Waals surface area contributed by atoms with E-state index < -0.39 is 11.9 Å². The van der Waals surface area contributed by atoms with Crippen LogP contribution in [0.5, 0.6) is 0 Å². The topological polar surface area (TPSA) is 90.1 Å². The molecule has 3 unspecified atom stereocenters. The Bertz CT molecular complexity index is 406. The Morgan fingerprint density at radius 3 is 3.06 bits per heavy atom. The molecule has 7 heteroatoms. The van der Waals surface area contributed by atoms with E-state index in [1.165, 1.54) is 4.68 Å². The fraction of sp³-hybridized carbons (Fsp3) is 0.800. The van der Waals surface area contributed by atoms with Gasteiger partial charge in [-0.1, -0.05) is 13.8 Å². The van der Waals surface area contributed by atoms with Gasteiger partial charge in [0, 0.05) is 6.61 Å². The van der Waals surface area contributed by atoms with Crippen LogP contribution in [-0.4, -0.2) is 37.9 Å². The summed E-state index contributed by atoms with van der Waals surface area (Å²) in [6.07, 6.45) is 0.859. The summed E-state index contributed by atoms with van der Waals surface area (Å²) >= 11 is 0. The van der Waals surface area contributed by atoms with Crippen LogP contribution in [0, 0.1) is 11.8 Å². The summed E-state index contributed by atoms with van der Waals surface area (Å²) in [6, 6.07) is 0. The molecule has 1 aliphatic rings. The van der Waals surface area contributed by atoms with Gasteiger partial charge in [0.2, 0.25) is 0 Å². The largest absolute Gasteiger partial charge is 0.481 e. The van der Waals surface area contributed by atoms with Crippen molar-refractivity contribution in [2.75, 3.05) is 6.61 Å². The second-order valence-electron chi connectivity index (χ2n) is 4.52. The van der Waals surface area contributed by atoms with Crippen molar-refractivity contribution >= 4 is 5.97 Å². The monoisotopic (exact) mass is 240 g/mol. The van der Waals surface area contributed by atoms with Gasteiger partial charge < -0.3 is 9.84 Å². The number of hydrogen-bond donors (Lipinski definition) is 1. The van der Waals surface area contributed by atoms with Gasteiger partial charge in [-0.05, 0) is 22.8 Å². The first-order valence-electron chi connectivity index (χ1n) is 5.70. The number of carboxylic acid groups (broad SMARTS) is 1. The fourth-order valence-electron chi connectivity index (χ4n) is 1.91. The van der Waals surface area contributed by atoms with Crippen LogP contribution in [-0.2, 0) is 16.1 Å². The van der Waals surface area contributed by atoms with E-state index in [1.54, 1.807) is 6.92 Å². The summed E-state index contributed by atoms with van der Waals surface area (Å²) in [5.41, 5.74) is 0. The molecule has 7 nitrogen and oxygen atoms in total. The Morgan fingerprint density at radius 1 is 1.71 bits per heavy atom. The molecule has 0 bridgehead atoms. The third kappa shape index (κ3) is 2.44. The SMILES string of the molecule is CC(Cn1nnnc1C1OCCC1C)C(=O)O. The minimum Gasteiger partial charge on any atom is -0.481 e. The lowest BCUT2D eigenvalue weighted by molar-refractivity contribution is -0.141. The maximum absolute atomic E-state index is 10.8. The van der Waals surface area contributed by atoms with E-state index in [0.29, 0.717) is 18.3 Å². The molecule has 1 saturated heterocycles. The normalized spacial score (nSPS) is 26.0. The van der Waals surface area contributed by atoms with Crippen LogP contribution in [0.25, 0.3) is 0 Å².